The van der Waals surface area contributed by atoms with Gasteiger partial charge in [0.1, 0.15) is 5.75 Å². The summed E-state index contributed by atoms with van der Waals surface area (Å²) in [6.07, 6.45) is 8.58. The molecule has 2 aromatic rings. The Balaban J connectivity index is 1.38. The molecule has 5 nitrogen and oxygen atoms in total. The quantitative estimate of drug-likeness (QED) is 0.529. The molecule has 176 valence electrons. The Bertz CT molecular complexity index is 1030. The number of fused-ring (bicyclic) bond motifs is 2. The van der Waals surface area contributed by atoms with Gasteiger partial charge in [0, 0.05) is 40.6 Å². The lowest BCUT2D eigenvalue weighted by Crippen LogP contribution is -2.41. The van der Waals surface area contributed by atoms with Crippen LogP contribution in [-0.2, 0) is 17.6 Å². The van der Waals surface area contributed by atoms with Gasteiger partial charge in [-0.25, -0.2) is 0 Å². The second-order valence-corrected chi connectivity index (χ2v) is 11.6. The van der Waals surface area contributed by atoms with Gasteiger partial charge in [-0.3, -0.25) is 9.78 Å². The van der Waals surface area contributed by atoms with Crippen LogP contribution in [0.25, 0.3) is 0 Å². The van der Waals surface area contributed by atoms with Gasteiger partial charge < -0.3 is 15.3 Å². The van der Waals surface area contributed by atoms with Crippen LogP contribution in [0.15, 0.2) is 33.3 Å². The van der Waals surface area contributed by atoms with Crippen molar-refractivity contribution in [3.8, 4) is 5.75 Å². The van der Waals surface area contributed by atoms with Gasteiger partial charge in [-0.2, -0.15) is 0 Å². The number of aromatic hydroxyl groups is 1. The lowest BCUT2D eigenvalue weighted by Gasteiger charge is -2.37. The summed E-state index contributed by atoms with van der Waals surface area (Å²) in [4.78, 5) is 20.0. The summed E-state index contributed by atoms with van der Waals surface area (Å²) in [5.74, 6) is 1.75. The van der Waals surface area contributed by atoms with Gasteiger partial charge in [-0.15, -0.1) is 0 Å². The van der Waals surface area contributed by atoms with Crippen LogP contribution in [0.2, 0.25) is 0 Å². The standard InChI is InChI=1S/C26H31Br2N3O2/c27-20-12-19-2-1-18-13-21(32)14-22(28)24(18)25(26(19)30-15-20)17-5-9-31(10-6-17)23(33)11-16-3-7-29-8-4-16/h12-17,25,29,32H,1-11H2. The van der Waals surface area contributed by atoms with E-state index in [0.717, 1.165) is 79.3 Å². The van der Waals surface area contributed by atoms with Crippen LogP contribution in [0.4, 0.5) is 0 Å². The Morgan fingerprint density at radius 2 is 1.79 bits per heavy atom. The molecule has 2 aliphatic heterocycles. The van der Waals surface area contributed by atoms with Crippen LogP contribution >= 0.6 is 31.9 Å². The molecule has 5 rings (SSSR count). The lowest BCUT2D eigenvalue weighted by molar-refractivity contribution is -0.133. The fourth-order valence-electron chi connectivity index (χ4n) is 6.00. The van der Waals surface area contributed by atoms with Crippen LogP contribution < -0.4 is 5.32 Å². The van der Waals surface area contributed by atoms with Crippen molar-refractivity contribution >= 4 is 37.8 Å². The molecule has 1 aromatic carbocycles. The summed E-state index contributed by atoms with van der Waals surface area (Å²) in [6.45, 7) is 3.71. The first-order valence-corrected chi connectivity index (χ1v) is 13.7. The molecule has 7 heteroatoms. The molecular formula is C26H31Br2N3O2. The van der Waals surface area contributed by atoms with E-state index in [9.17, 15) is 9.90 Å². The predicted molar refractivity (Wildman–Crippen MR) is 137 cm³/mol. The molecule has 1 unspecified atom stereocenters. The average molecular weight is 577 g/mol. The van der Waals surface area contributed by atoms with E-state index in [2.05, 4.69) is 48.1 Å². The zero-order valence-electron chi connectivity index (χ0n) is 18.8. The van der Waals surface area contributed by atoms with Gasteiger partial charge in [-0.1, -0.05) is 15.9 Å². The Hall–Kier alpha value is -1.44. The predicted octanol–water partition coefficient (Wildman–Crippen LogP) is 5.17. The van der Waals surface area contributed by atoms with Crippen molar-refractivity contribution in [3.63, 3.8) is 0 Å². The molecule has 0 bridgehead atoms. The highest BCUT2D eigenvalue weighted by atomic mass is 79.9. The molecule has 2 fully saturated rings. The minimum absolute atomic E-state index is 0.169. The topological polar surface area (TPSA) is 65.5 Å². The number of aryl methyl sites for hydroxylation is 2. The number of halogens is 2. The van der Waals surface area contributed by atoms with Gasteiger partial charge >= 0.3 is 0 Å². The molecule has 3 heterocycles. The van der Waals surface area contributed by atoms with Crippen LogP contribution in [0.3, 0.4) is 0 Å². The molecule has 1 aromatic heterocycles. The van der Waals surface area contributed by atoms with Crippen LogP contribution in [0.5, 0.6) is 5.75 Å². The number of phenolic OH excluding ortho intramolecular Hbond substituents is 1. The minimum Gasteiger partial charge on any atom is -0.508 e. The third kappa shape index (κ3) is 5.01. The summed E-state index contributed by atoms with van der Waals surface area (Å²) >= 11 is 7.36. The first-order valence-electron chi connectivity index (χ1n) is 12.1. The second-order valence-electron chi connectivity index (χ2n) is 9.79. The second kappa shape index (κ2) is 10.0. The first kappa shape index (κ1) is 23.3. The fraction of sp³-hybridized carbons (Fsp3) is 0.538. The molecule has 2 saturated heterocycles. The van der Waals surface area contributed by atoms with E-state index < -0.39 is 0 Å². The van der Waals surface area contributed by atoms with E-state index in [1.807, 2.05) is 18.3 Å². The molecule has 33 heavy (non-hydrogen) atoms. The number of nitrogens with zero attached hydrogens (tertiary/aromatic N) is 2. The van der Waals surface area contributed by atoms with Gasteiger partial charge in [-0.05, 0) is 114 Å². The lowest BCUT2D eigenvalue weighted by atomic mass is 9.76. The third-order valence-corrected chi connectivity index (χ3v) is 8.81. The monoisotopic (exact) mass is 575 g/mol. The number of pyridine rings is 1. The van der Waals surface area contributed by atoms with Crippen molar-refractivity contribution in [2.45, 2.75) is 50.9 Å². The molecule has 1 aliphatic carbocycles. The van der Waals surface area contributed by atoms with Gasteiger partial charge in [0.2, 0.25) is 5.91 Å². The van der Waals surface area contributed by atoms with Crippen molar-refractivity contribution in [2.75, 3.05) is 26.2 Å². The number of hydrogen-bond acceptors (Lipinski definition) is 4. The summed E-state index contributed by atoms with van der Waals surface area (Å²) < 4.78 is 1.97. The van der Waals surface area contributed by atoms with E-state index >= 15 is 0 Å². The molecule has 0 saturated carbocycles. The summed E-state index contributed by atoms with van der Waals surface area (Å²) in [6, 6.07) is 5.94. The average Bonchev–Trinajstić information content (AvgIpc) is 2.96. The van der Waals surface area contributed by atoms with Crippen molar-refractivity contribution in [3.05, 3.63) is 55.7 Å². The van der Waals surface area contributed by atoms with E-state index in [1.54, 1.807) is 0 Å². The van der Waals surface area contributed by atoms with Crippen LogP contribution in [0.1, 0.15) is 60.4 Å². The third-order valence-electron chi connectivity index (χ3n) is 7.72. The van der Waals surface area contributed by atoms with E-state index in [1.165, 1.54) is 16.7 Å². The summed E-state index contributed by atoms with van der Waals surface area (Å²) in [7, 11) is 0. The normalized spacial score (nSPS) is 21.9. The smallest absolute Gasteiger partial charge is 0.222 e. The molecular weight excluding hydrogens is 546 g/mol. The Kier molecular flexibility index (Phi) is 7.09. The van der Waals surface area contributed by atoms with E-state index in [-0.39, 0.29) is 5.92 Å². The Labute approximate surface area is 212 Å². The van der Waals surface area contributed by atoms with Gasteiger partial charge in [0.05, 0.1) is 5.69 Å². The molecule has 1 amide bonds. The number of likely N-dealkylation sites (tertiary alicyclic amines) is 1. The van der Waals surface area contributed by atoms with Gasteiger partial charge in [0.15, 0.2) is 0 Å². The van der Waals surface area contributed by atoms with Crippen LogP contribution in [-0.4, -0.2) is 47.1 Å². The molecule has 2 N–H and O–H groups in total. The van der Waals surface area contributed by atoms with E-state index in [0.29, 0.717) is 29.9 Å². The first-order chi connectivity index (χ1) is 16.0. The zero-order valence-corrected chi connectivity index (χ0v) is 22.0. The highest BCUT2D eigenvalue weighted by molar-refractivity contribution is 9.10. The number of aromatic nitrogens is 1. The van der Waals surface area contributed by atoms with Crippen molar-refractivity contribution in [1.29, 1.82) is 0 Å². The van der Waals surface area contributed by atoms with Crippen molar-refractivity contribution in [2.24, 2.45) is 11.8 Å². The number of nitrogens with one attached hydrogen (secondary N) is 1. The molecule has 1 atom stereocenters. The maximum absolute atomic E-state index is 13.0. The van der Waals surface area contributed by atoms with Crippen LogP contribution in [0, 0.1) is 11.8 Å². The largest absolute Gasteiger partial charge is 0.508 e. The maximum Gasteiger partial charge on any atom is 0.222 e. The highest BCUT2D eigenvalue weighted by Crippen LogP contribution is 2.46. The van der Waals surface area contributed by atoms with E-state index in [4.69, 9.17) is 4.98 Å². The fourth-order valence-corrected chi connectivity index (χ4v) is 7.11. The number of rotatable bonds is 3. The number of hydrogen-bond donors (Lipinski definition) is 2. The summed E-state index contributed by atoms with van der Waals surface area (Å²) in [5.41, 5.74) is 4.90. The van der Waals surface area contributed by atoms with Crippen molar-refractivity contribution < 1.29 is 9.90 Å². The molecule has 0 radical (unpaired) electrons. The van der Waals surface area contributed by atoms with Gasteiger partial charge in [0.25, 0.3) is 0 Å². The zero-order chi connectivity index (χ0) is 22.9. The molecule has 0 spiro atoms. The van der Waals surface area contributed by atoms with Crippen molar-refractivity contribution in [1.82, 2.24) is 15.2 Å². The SMILES string of the molecule is O=C(CC1CCNCC1)N1CCC(C2c3ncc(Br)cc3CCc3cc(O)cc(Br)c32)CC1. The number of piperidine rings is 2. The highest BCUT2D eigenvalue weighted by Gasteiger charge is 2.36. The minimum atomic E-state index is 0.169. The number of benzene rings is 1. The maximum atomic E-state index is 13.0. The number of carbonyl (C=O) groups is 1. The summed E-state index contributed by atoms with van der Waals surface area (Å²) in [5, 5.41) is 13.6. The number of phenols is 1. The number of carbonyl (C=O) groups excluding carboxylic acids is 1. The number of amides is 1. The Morgan fingerprint density at radius 1 is 1.06 bits per heavy atom. The Morgan fingerprint density at radius 3 is 2.55 bits per heavy atom. The molecule has 3 aliphatic rings.